The standard InChI is InChI=1S/C32H31N3/c1-22(2)26-20-13-21-27(23(3)4)30(26)35-31(25-16-9-6-10-17-25)33-34-32(35)29-19-12-11-18-28(29)24-14-7-5-8-15-24/h5-23H,1-4H3. The summed E-state index contributed by atoms with van der Waals surface area (Å²) in [7, 11) is 0. The van der Waals surface area contributed by atoms with Gasteiger partial charge < -0.3 is 0 Å². The van der Waals surface area contributed by atoms with Crippen LogP contribution in [-0.4, -0.2) is 14.8 Å². The van der Waals surface area contributed by atoms with E-state index in [2.05, 4.69) is 129 Å². The Labute approximate surface area is 208 Å². The van der Waals surface area contributed by atoms with E-state index in [-0.39, 0.29) is 0 Å². The number of aromatic nitrogens is 3. The number of benzene rings is 4. The van der Waals surface area contributed by atoms with E-state index in [1.54, 1.807) is 0 Å². The highest BCUT2D eigenvalue weighted by Crippen LogP contribution is 2.39. The molecule has 35 heavy (non-hydrogen) atoms. The minimum Gasteiger partial charge on any atom is -0.274 e. The van der Waals surface area contributed by atoms with Gasteiger partial charge in [0.25, 0.3) is 0 Å². The Hall–Kier alpha value is -3.98. The molecule has 0 bridgehead atoms. The lowest BCUT2D eigenvalue weighted by atomic mass is 9.91. The molecule has 0 amide bonds. The number of rotatable bonds is 6. The highest BCUT2D eigenvalue weighted by Gasteiger charge is 2.25. The van der Waals surface area contributed by atoms with Gasteiger partial charge in [-0.25, -0.2) is 0 Å². The van der Waals surface area contributed by atoms with Gasteiger partial charge in [0.05, 0.1) is 5.69 Å². The van der Waals surface area contributed by atoms with E-state index in [1.807, 2.05) is 6.07 Å². The highest BCUT2D eigenvalue weighted by atomic mass is 15.3. The van der Waals surface area contributed by atoms with Crippen LogP contribution < -0.4 is 0 Å². The summed E-state index contributed by atoms with van der Waals surface area (Å²) in [4.78, 5) is 0. The predicted molar refractivity (Wildman–Crippen MR) is 146 cm³/mol. The smallest absolute Gasteiger partial charge is 0.169 e. The van der Waals surface area contributed by atoms with Gasteiger partial charge in [-0.05, 0) is 34.1 Å². The van der Waals surface area contributed by atoms with Crippen LogP contribution in [0.4, 0.5) is 0 Å². The van der Waals surface area contributed by atoms with E-state index in [0.29, 0.717) is 11.8 Å². The molecule has 0 aliphatic carbocycles. The highest BCUT2D eigenvalue weighted by molar-refractivity contribution is 5.82. The van der Waals surface area contributed by atoms with Crippen LogP contribution >= 0.6 is 0 Å². The zero-order valence-electron chi connectivity index (χ0n) is 20.8. The molecule has 0 unspecified atom stereocenters. The van der Waals surface area contributed by atoms with Crippen LogP contribution in [0.15, 0.2) is 103 Å². The second kappa shape index (κ2) is 9.71. The van der Waals surface area contributed by atoms with Gasteiger partial charge in [-0.15, -0.1) is 10.2 Å². The zero-order chi connectivity index (χ0) is 24.4. The van der Waals surface area contributed by atoms with Crippen LogP contribution in [0.1, 0.15) is 50.7 Å². The molecule has 3 nitrogen and oxygen atoms in total. The molecule has 1 heterocycles. The molecule has 0 saturated carbocycles. The SMILES string of the molecule is CC(C)c1cccc(C(C)C)c1-n1c(-c2ccccc2)nnc1-c1ccccc1-c1ccccc1. The maximum atomic E-state index is 4.84. The van der Waals surface area contributed by atoms with Crippen LogP contribution in [0, 0.1) is 0 Å². The first-order valence-corrected chi connectivity index (χ1v) is 12.3. The van der Waals surface area contributed by atoms with Crippen molar-refractivity contribution in [3.05, 3.63) is 114 Å². The topological polar surface area (TPSA) is 30.7 Å². The Morgan fingerprint density at radius 2 is 0.971 bits per heavy atom. The van der Waals surface area contributed by atoms with E-state index in [4.69, 9.17) is 10.2 Å². The first-order valence-electron chi connectivity index (χ1n) is 12.3. The van der Waals surface area contributed by atoms with Crippen molar-refractivity contribution in [2.45, 2.75) is 39.5 Å². The Morgan fingerprint density at radius 3 is 1.54 bits per heavy atom. The molecule has 0 N–H and O–H groups in total. The van der Waals surface area contributed by atoms with Crippen molar-refractivity contribution >= 4 is 0 Å². The Kier molecular flexibility index (Phi) is 6.33. The molecular weight excluding hydrogens is 426 g/mol. The summed E-state index contributed by atoms with van der Waals surface area (Å²) in [6.07, 6.45) is 0. The van der Waals surface area contributed by atoms with E-state index in [1.165, 1.54) is 22.4 Å². The van der Waals surface area contributed by atoms with Crippen molar-refractivity contribution in [2.24, 2.45) is 0 Å². The normalized spacial score (nSPS) is 11.4. The van der Waals surface area contributed by atoms with Crippen molar-refractivity contribution in [3.8, 4) is 39.6 Å². The van der Waals surface area contributed by atoms with E-state index >= 15 is 0 Å². The molecule has 4 aromatic carbocycles. The minimum atomic E-state index is 0.354. The van der Waals surface area contributed by atoms with Crippen LogP contribution in [0.3, 0.4) is 0 Å². The molecule has 0 radical (unpaired) electrons. The lowest BCUT2D eigenvalue weighted by Gasteiger charge is -2.23. The number of hydrogen-bond donors (Lipinski definition) is 0. The van der Waals surface area contributed by atoms with Crippen molar-refractivity contribution in [3.63, 3.8) is 0 Å². The molecule has 3 heteroatoms. The molecule has 5 aromatic rings. The van der Waals surface area contributed by atoms with Gasteiger partial charge in [0.15, 0.2) is 11.6 Å². The first kappa shape index (κ1) is 22.8. The lowest BCUT2D eigenvalue weighted by molar-refractivity contribution is 0.807. The second-order valence-corrected chi connectivity index (χ2v) is 9.55. The molecular formula is C32H31N3. The van der Waals surface area contributed by atoms with E-state index in [9.17, 15) is 0 Å². The maximum absolute atomic E-state index is 4.84. The summed E-state index contributed by atoms with van der Waals surface area (Å²) in [6, 6.07) is 36.1. The van der Waals surface area contributed by atoms with Crippen molar-refractivity contribution in [2.75, 3.05) is 0 Å². The fourth-order valence-electron chi connectivity index (χ4n) is 4.76. The van der Waals surface area contributed by atoms with E-state index < -0.39 is 0 Å². The summed E-state index contributed by atoms with van der Waals surface area (Å²) in [5, 5.41) is 9.63. The summed E-state index contributed by atoms with van der Waals surface area (Å²) >= 11 is 0. The molecule has 0 spiro atoms. The molecule has 0 aliphatic rings. The largest absolute Gasteiger partial charge is 0.274 e. The van der Waals surface area contributed by atoms with Crippen LogP contribution in [0.25, 0.3) is 39.6 Å². The van der Waals surface area contributed by atoms with Crippen LogP contribution in [0.5, 0.6) is 0 Å². The van der Waals surface area contributed by atoms with E-state index in [0.717, 1.165) is 28.3 Å². The fraction of sp³-hybridized carbons (Fsp3) is 0.188. The third-order valence-corrected chi connectivity index (χ3v) is 6.51. The Bertz CT molecular complexity index is 1400. The average molecular weight is 458 g/mol. The lowest BCUT2D eigenvalue weighted by Crippen LogP contribution is -2.10. The molecule has 1 aromatic heterocycles. The van der Waals surface area contributed by atoms with Crippen molar-refractivity contribution in [1.29, 1.82) is 0 Å². The predicted octanol–water partition coefficient (Wildman–Crippen LogP) is 8.52. The van der Waals surface area contributed by atoms with Gasteiger partial charge in [0.1, 0.15) is 0 Å². The maximum Gasteiger partial charge on any atom is 0.169 e. The average Bonchev–Trinajstić information content (AvgIpc) is 3.34. The number of hydrogen-bond acceptors (Lipinski definition) is 2. The molecule has 5 rings (SSSR count). The van der Waals surface area contributed by atoms with Gasteiger partial charge in [-0.1, -0.05) is 131 Å². The molecule has 0 aliphatic heterocycles. The van der Waals surface area contributed by atoms with Gasteiger partial charge >= 0.3 is 0 Å². The van der Waals surface area contributed by atoms with Gasteiger partial charge in [-0.3, -0.25) is 4.57 Å². The van der Waals surface area contributed by atoms with Crippen LogP contribution in [0.2, 0.25) is 0 Å². The number of para-hydroxylation sites is 1. The summed E-state index contributed by atoms with van der Waals surface area (Å²) in [6.45, 7) is 9.03. The summed E-state index contributed by atoms with van der Waals surface area (Å²) in [5.41, 5.74) is 8.23. The quantitative estimate of drug-likeness (QED) is 0.256. The second-order valence-electron chi connectivity index (χ2n) is 9.55. The van der Waals surface area contributed by atoms with Crippen LogP contribution in [-0.2, 0) is 0 Å². The number of nitrogens with zero attached hydrogens (tertiary/aromatic N) is 3. The molecule has 174 valence electrons. The Morgan fingerprint density at radius 1 is 0.486 bits per heavy atom. The molecule has 0 saturated heterocycles. The minimum absolute atomic E-state index is 0.354. The first-order chi connectivity index (χ1) is 17.1. The third-order valence-electron chi connectivity index (χ3n) is 6.51. The monoisotopic (exact) mass is 457 g/mol. The van der Waals surface area contributed by atoms with Crippen molar-refractivity contribution in [1.82, 2.24) is 14.8 Å². The molecule has 0 fully saturated rings. The van der Waals surface area contributed by atoms with Gasteiger partial charge in [0, 0.05) is 11.1 Å². The van der Waals surface area contributed by atoms with Gasteiger partial charge in [0.2, 0.25) is 0 Å². The summed E-state index contributed by atoms with van der Waals surface area (Å²) in [5.74, 6) is 2.43. The zero-order valence-corrected chi connectivity index (χ0v) is 20.8. The molecule has 0 atom stereocenters. The summed E-state index contributed by atoms with van der Waals surface area (Å²) < 4.78 is 2.29. The van der Waals surface area contributed by atoms with Crippen molar-refractivity contribution < 1.29 is 0 Å². The third kappa shape index (κ3) is 4.30. The Balaban J connectivity index is 1.87. The fourth-order valence-corrected chi connectivity index (χ4v) is 4.76. The van der Waals surface area contributed by atoms with Gasteiger partial charge in [-0.2, -0.15) is 0 Å².